The summed E-state index contributed by atoms with van der Waals surface area (Å²) < 4.78 is 30.9. The molecule has 0 aromatic heterocycles. The van der Waals surface area contributed by atoms with Gasteiger partial charge in [0.25, 0.3) is 5.91 Å². The molecule has 1 aromatic rings. The molecule has 1 aliphatic rings. The third kappa shape index (κ3) is 2.68. The molecule has 106 valence electrons. The fourth-order valence-corrected chi connectivity index (χ4v) is 2.00. The predicted octanol–water partition coefficient (Wildman–Crippen LogP) is 2.20. The summed E-state index contributed by atoms with van der Waals surface area (Å²) in [6.07, 6.45) is 1.08. The SMILES string of the molecule is C=C(F)C(=O)NC1(c2cc(F)cc(C(=O)OC)c2)CC1. The molecule has 20 heavy (non-hydrogen) atoms. The quantitative estimate of drug-likeness (QED) is 0.680. The van der Waals surface area contributed by atoms with E-state index >= 15 is 0 Å². The van der Waals surface area contributed by atoms with Crippen LogP contribution in [-0.2, 0) is 15.1 Å². The average molecular weight is 281 g/mol. The van der Waals surface area contributed by atoms with E-state index in [4.69, 9.17) is 0 Å². The number of carbonyl (C=O) groups is 2. The molecule has 1 N–H and O–H groups in total. The number of hydrogen-bond donors (Lipinski definition) is 1. The van der Waals surface area contributed by atoms with Gasteiger partial charge in [0.1, 0.15) is 5.82 Å². The first-order valence-electron chi connectivity index (χ1n) is 5.94. The maximum atomic E-state index is 13.6. The van der Waals surface area contributed by atoms with Crippen molar-refractivity contribution >= 4 is 11.9 Å². The van der Waals surface area contributed by atoms with Crippen LogP contribution in [-0.4, -0.2) is 19.0 Å². The van der Waals surface area contributed by atoms with E-state index in [0.717, 1.165) is 6.07 Å². The van der Waals surface area contributed by atoms with Crippen molar-refractivity contribution in [2.45, 2.75) is 18.4 Å². The van der Waals surface area contributed by atoms with Gasteiger partial charge in [-0.15, -0.1) is 0 Å². The average Bonchev–Trinajstić information content (AvgIpc) is 3.17. The lowest BCUT2D eigenvalue weighted by Gasteiger charge is -2.18. The Labute approximate surface area is 114 Å². The van der Waals surface area contributed by atoms with Crippen molar-refractivity contribution in [3.63, 3.8) is 0 Å². The van der Waals surface area contributed by atoms with Gasteiger partial charge in [-0.1, -0.05) is 6.58 Å². The van der Waals surface area contributed by atoms with Gasteiger partial charge in [-0.2, -0.15) is 0 Å². The lowest BCUT2D eigenvalue weighted by molar-refractivity contribution is -0.119. The number of hydrogen-bond acceptors (Lipinski definition) is 3. The Bertz CT molecular complexity index is 594. The first-order valence-corrected chi connectivity index (χ1v) is 5.94. The Morgan fingerprint density at radius 2 is 2.00 bits per heavy atom. The topological polar surface area (TPSA) is 55.4 Å². The largest absolute Gasteiger partial charge is 0.465 e. The molecule has 2 rings (SSSR count). The van der Waals surface area contributed by atoms with E-state index in [1.54, 1.807) is 0 Å². The van der Waals surface area contributed by atoms with Crippen molar-refractivity contribution in [3.8, 4) is 0 Å². The Kier molecular flexibility index (Phi) is 3.57. The van der Waals surface area contributed by atoms with Crippen molar-refractivity contribution in [1.29, 1.82) is 0 Å². The highest BCUT2D eigenvalue weighted by Gasteiger charge is 2.46. The van der Waals surface area contributed by atoms with Crippen LogP contribution >= 0.6 is 0 Å². The van der Waals surface area contributed by atoms with E-state index in [0.29, 0.717) is 18.4 Å². The van der Waals surface area contributed by atoms with Gasteiger partial charge in [0.05, 0.1) is 18.2 Å². The summed E-state index contributed by atoms with van der Waals surface area (Å²) >= 11 is 0. The maximum absolute atomic E-state index is 13.6. The maximum Gasteiger partial charge on any atom is 0.337 e. The zero-order chi connectivity index (χ0) is 14.9. The number of nitrogens with one attached hydrogen (secondary N) is 1. The van der Waals surface area contributed by atoms with Crippen molar-refractivity contribution < 1.29 is 23.1 Å². The van der Waals surface area contributed by atoms with Crippen LogP contribution in [0.4, 0.5) is 8.78 Å². The van der Waals surface area contributed by atoms with Crippen LogP contribution in [0.2, 0.25) is 0 Å². The fraction of sp³-hybridized carbons (Fsp3) is 0.286. The summed E-state index contributed by atoms with van der Waals surface area (Å²) in [6.45, 7) is 2.91. The lowest BCUT2D eigenvalue weighted by Crippen LogP contribution is -2.35. The summed E-state index contributed by atoms with van der Waals surface area (Å²) in [4.78, 5) is 22.8. The minimum atomic E-state index is -1.11. The number of amides is 1. The number of carbonyl (C=O) groups excluding carboxylic acids is 2. The normalized spacial score (nSPS) is 15.3. The van der Waals surface area contributed by atoms with Crippen LogP contribution in [0.15, 0.2) is 30.6 Å². The molecule has 0 radical (unpaired) electrons. The molecule has 1 aliphatic carbocycles. The molecule has 1 saturated carbocycles. The second-order valence-corrected chi connectivity index (χ2v) is 4.66. The van der Waals surface area contributed by atoms with Crippen LogP contribution in [0.25, 0.3) is 0 Å². The van der Waals surface area contributed by atoms with E-state index in [-0.39, 0.29) is 5.56 Å². The van der Waals surface area contributed by atoms with Crippen LogP contribution in [0, 0.1) is 5.82 Å². The smallest absolute Gasteiger partial charge is 0.337 e. The highest BCUT2D eigenvalue weighted by molar-refractivity contribution is 5.92. The highest BCUT2D eigenvalue weighted by Crippen LogP contribution is 2.46. The third-order valence-corrected chi connectivity index (χ3v) is 3.22. The van der Waals surface area contributed by atoms with E-state index in [9.17, 15) is 18.4 Å². The van der Waals surface area contributed by atoms with Crippen molar-refractivity contribution in [2.24, 2.45) is 0 Å². The Morgan fingerprint density at radius 1 is 1.35 bits per heavy atom. The molecule has 0 atom stereocenters. The second-order valence-electron chi connectivity index (χ2n) is 4.66. The minimum absolute atomic E-state index is 0.0436. The first kappa shape index (κ1) is 14.2. The monoisotopic (exact) mass is 281 g/mol. The second kappa shape index (κ2) is 5.03. The van der Waals surface area contributed by atoms with Gasteiger partial charge in [0.2, 0.25) is 0 Å². The molecule has 0 aliphatic heterocycles. The number of esters is 1. The van der Waals surface area contributed by atoms with Crippen LogP contribution < -0.4 is 5.32 Å². The molecule has 0 spiro atoms. The summed E-state index contributed by atoms with van der Waals surface area (Å²) in [5, 5.41) is 2.46. The minimum Gasteiger partial charge on any atom is -0.465 e. The molecule has 6 heteroatoms. The van der Waals surface area contributed by atoms with Gasteiger partial charge >= 0.3 is 5.97 Å². The molecule has 1 amide bonds. The first-order chi connectivity index (χ1) is 9.38. The zero-order valence-electron chi connectivity index (χ0n) is 10.8. The number of benzene rings is 1. The summed E-state index contributed by atoms with van der Waals surface area (Å²) in [7, 11) is 1.19. The zero-order valence-corrected chi connectivity index (χ0v) is 10.8. The van der Waals surface area contributed by atoms with Gasteiger partial charge in [-0.05, 0) is 36.6 Å². The van der Waals surface area contributed by atoms with Gasteiger partial charge in [0, 0.05) is 0 Å². The van der Waals surface area contributed by atoms with Gasteiger partial charge in [-0.3, -0.25) is 4.79 Å². The molecule has 4 nitrogen and oxygen atoms in total. The summed E-state index contributed by atoms with van der Waals surface area (Å²) in [6, 6.07) is 3.69. The summed E-state index contributed by atoms with van der Waals surface area (Å²) in [5.41, 5.74) is -0.383. The molecular weight excluding hydrogens is 268 g/mol. The number of rotatable bonds is 4. The highest BCUT2D eigenvalue weighted by atomic mass is 19.1. The van der Waals surface area contributed by atoms with E-state index < -0.39 is 29.1 Å². The van der Waals surface area contributed by atoms with Crippen molar-refractivity contribution in [3.05, 3.63) is 47.5 Å². The molecule has 1 fully saturated rings. The van der Waals surface area contributed by atoms with Crippen molar-refractivity contribution in [2.75, 3.05) is 7.11 Å². The standard InChI is InChI=1S/C14H13F2NO3/c1-8(15)12(18)17-14(3-4-14)10-5-9(13(19)20-2)6-11(16)7-10/h5-7H,1,3-4H2,2H3,(H,17,18). The summed E-state index contributed by atoms with van der Waals surface area (Å²) in [5.74, 6) is -3.35. The molecule has 0 bridgehead atoms. The molecule has 0 saturated heterocycles. The Balaban J connectivity index is 2.33. The lowest BCUT2D eigenvalue weighted by atomic mass is 10.0. The number of methoxy groups -OCH3 is 1. The van der Waals surface area contributed by atoms with Gasteiger partial charge in [0.15, 0.2) is 5.83 Å². The molecule has 0 unspecified atom stereocenters. The van der Waals surface area contributed by atoms with Crippen LogP contribution in [0.3, 0.4) is 0 Å². The van der Waals surface area contributed by atoms with E-state index in [1.165, 1.54) is 19.2 Å². The Morgan fingerprint density at radius 3 is 2.50 bits per heavy atom. The fourth-order valence-electron chi connectivity index (χ4n) is 2.00. The molecule has 1 aromatic carbocycles. The molecular formula is C14H13F2NO3. The third-order valence-electron chi connectivity index (χ3n) is 3.22. The van der Waals surface area contributed by atoms with Crippen LogP contribution in [0.1, 0.15) is 28.8 Å². The number of halogens is 2. The van der Waals surface area contributed by atoms with Crippen molar-refractivity contribution in [1.82, 2.24) is 5.32 Å². The van der Waals surface area contributed by atoms with Gasteiger partial charge < -0.3 is 10.1 Å². The van der Waals surface area contributed by atoms with E-state index in [2.05, 4.69) is 16.6 Å². The van der Waals surface area contributed by atoms with Gasteiger partial charge in [-0.25, -0.2) is 13.6 Å². The van der Waals surface area contributed by atoms with E-state index in [1.807, 2.05) is 0 Å². The van der Waals surface area contributed by atoms with Crippen LogP contribution in [0.5, 0.6) is 0 Å². The Hall–Kier alpha value is -2.24. The molecule has 0 heterocycles. The predicted molar refractivity (Wildman–Crippen MR) is 67.0 cm³/mol. The number of ether oxygens (including phenoxy) is 1.